The third-order valence-electron chi connectivity index (χ3n) is 2.68. The molecule has 2 aromatic carbocycles. The van der Waals surface area contributed by atoms with Gasteiger partial charge in [-0.3, -0.25) is 10.8 Å². The molecule has 0 aliphatic rings. The van der Waals surface area contributed by atoms with Crippen LogP contribution in [0.25, 0.3) is 0 Å². The highest BCUT2D eigenvalue weighted by Crippen LogP contribution is 2.19. The van der Waals surface area contributed by atoms with Gasteiger partial charge in [-0.05, 0) is 24.3 Å². The van der Waals surface area contributed by atoms with E-state index < -0.39 is 0 Å². The van der Waals surface area contributed by atoms with Crippen LogP contribution in [0.2, 0.25) is 0 Å². The Kier molecular flexibility index (Phi) is 5.29. The van der Waals surface area contributed by atoms with E-state index in [9.17, 15) is 0 Å². The number of guanidine groups is 2. The first-order valence-corrected chi connectivity index (χ1v) is 6.71. The molecule has 23 heavy (non-hydrogen) atoms. The number of rotatable bonds is 6. The molecule has 118 valence electrons. The van der Waals surface area contributed by atoms with Crippen molar-refractivity contribution in [3.63, 3.8) is 0 Å². The Hall–Kier alpha value is -3.36. The summed E-state index contributed by atoms with van der Waals surface area (Å²) in [6, 6.07) is 14.0. The van der Waals surface area contributed by atoms with Crippen molar-refractivity contribution in [2.24, 2.45) is 11.5 Å². The monoisotopic (exact) mass is 312 g/mol. The maximum atomic E-state index is 7.19. The van der Waals surface area contributed by atoms with Crippen LogP contribution in [0.5, 0.6) is 11.5 Å². The third kappa shape index (κ3) is 5.50. The summed E-state index contributed by atoms with van der Waals surface area (Å²) in [6.07, 6.45) is 0. The van der Waals surface area contributed by atoms with Gasteiger partial charge in [-0.1, -0.05) is 12.1 Å². The first-order valence-electron chi connectivity index (χ1n) is 6.71. The number of benzene rings is 2. The maximum Gasteiger partial charge on any atom is 0.576 e. The predicted molar refractivity (Wildman–Crippen MR) is 92.4 cm³/mol. The fraction of sp³-hybridized carbons (Fsp3) is 0. The Bertz CT molecular complexity index is 650. The van der Waals surface area contributed by atoms with E-state index in [0.717, 1.165) is 0 Å². The summed E-state index contributed by atoms with van der Waals surface area (Å²) in [6.45, 7) is 0. The van der Waals surface area contributed by atoms with E-state index in [1.165, 1.54) is 0 Å². The molecule has 0 saturated heterocycles. The molecule has 0 amide bonds. The first kappa shape index (κ1) is 16.0. The lowest BCUT2D eigenvalue weighted by molar-refractivity contribution is 0.459. The summed E-state index contributed by atoms with van der Waals surface area (Å²) in [5, 5.41) is 19.7. The van der Waals surface area contributed by atoms with Crippen molar-refractivity contribution in [3.05, 3.63) is 48.5 Å². The van der Waals surface area contributed by atoms with Gasteiger partial charge in [0.1, 0.15) is 11.5 Å². The fourth-order valence-corrected chi connectivity index (χ4v) is 1.80. The molecule has 0 radical (unpaired) electrons. The molecule has 2 rings (SSSR count). The summed E-state index contributed by atoms with van der Waals surface area (Å²) in [7, 11) is 0.00699. The zero-order valence-corrected chi connectivity index (χ0v) is 12.3. The highest BCUT2D eigenvalue weighted by Gasteiger charge is 2.03. The largest absolute Gasteiger partial charge is 0.576 e. The smallest absolute Gasteiger partial charge is 0.528 e. The van der Waals surface area contributed by atoms with Gasteiger partial charge in [-0.15, -0.1) is 0 Å². The molecule has 0 aliphatic heterocycles. The van der Waals surface area contributed by atoms with E-state index in [1.54, 1.807) is 48.5 Å². The molecule has 0 aromatic heterocycles. The fourth-order valence-electron chi connectivity index (χ4n) is 1.80. The molecule has 2 aromatic rings. The Labute approximate surface area is 134 Å². The minimum Gasteiger partial charge on any atom is -0.528 e. The molecular formula is C14H17BN6O2. The summed E-state index contributed by atoms with van der Waals surface area (Å²) in [4.78, 5) is 0. The van der Waals surface area contributed by atoms with Crippen LogP contribution in [0.1, 0.15) is 0 Å². The Morgan fingerprint density at radius 1 is 0.826 bits per heavy atom. The second-order valence-corrected chi connectivity index (χ2v) is 4.54. The van der Waals surface area contributed by atoms with Crippen molar-refractivity contribution < 1.29 is 9.31 Å². The minimum absolute atomic E-state index is 0.00699. The quantitative estimate of drug-likeness (QED) is 0.267. The van der Waals surface area contributed by atoms with Crippen LogP contribution in [0.15, 0.2) is 48.5 Å². The lowest BCUT2D eigenvalue weighted by Crippen LogP contribution is -2.20. The average Bonchev–Trinajstić information content (AvgIpc) is 2.46. The van der Waals surface area contributed by atoms with Crippen LogP contribution in [-0.2, 0) is 0 Å². The molecule has 8 N–H and O–H groups in total. The summed E-state index contributed by atoms with van der Waals surface area (Å²) in [5.74, 6) is 0.866. The van der Waals surface area contributed by atoms with E-state index in [1.807, 2.05) is 0 Å². The van der Waals surface area contributed by atoms with Gasteiger partial charge in [0.15, 0.2) is 11.9 Å². The standard InChI is InChI=1S/C14H17BN6O2/c16-13(17)20-9-3-1-5-11(7-9)22-15-23-12-6-2-4-10(8-12)21-14(18)19/h1-8,15H,(H4,16,17,20)(H4,18,19,21). The minimum atomic E-state index is -0.145. The molecule has 0 bridgehead atoms. The molecule has 0 heterocycles. The first-order chi connectivity index (χ1) is 11.0. The van der Waals surface area contributed by atoms with E-state index in [-0.39, 0.29) is 19.6 Å². The lowest BCUT2D eigenvalue weighted by Gasteiger charge is -2.10. The number of anilines is 2. The van der Waals surface area contributed by atoms with Crippen molar-refractivity contribution in [3.8, 4) is 11.5 Å². The van der Waals surface area contributed by atoms with Crippen LogP contribution < -0.4 is 31.4 Å². The highest BCUT2D eigenvalue weighted by atomic mass is 16.6. The summed E-state index contributed by atoms with van der Waals surface area (Å²) in [5.41, 5.74) is 11.9. The molecule has 0 unspecified atom stereocenters. The SMILES string of the molecule is N=C(N)Nc1cccc(OBOc2cccc(NC(=N)N)c2)c1. The zero-order chi connectivity index (χ0) is 16.7. The number of hydrogen-bond donors (Lipinski definition) is 6. The van der Waals surface area contributed by atoms with Crippen molar-refractivity contribution in [2.75, 3.05) is 10.6 Å². The summed E-state index contributed by atoms with van der Waals surface area (Å²) >= 11 is 0. The van der Waals surface area contributed by atoms with E-state index in [4.69, 9.17) is 31.6 Å². The second-order valence-electron chi connectivity index (χ2n) is 4.54. The molecule has 0 atom stereocenters. The van der Waals surface area contributed by atoms with Gasteiger partial charge in [0.25, 0.3) is 0 Å². The Balaban J connectivity index is 1.89. The zero-order valence-electron chi connectivity index (χ0n) is 12.3. The molecule has 0 saturated carbocycles. The van der Waals surface area contributed by atoms with E-state index >= 15 is 0 Å². The Morgan fingerprint density at radius 2 is 1.26 bits per heavy atom. The average molecular weight is 312 g/mol. The normalized spacial score (nSPS) is 9.57. The van der Waals surface area contributed by atoms with Crippen molar-refractivity contribution in [1.82, 2.24) is 0 Å². The van der Waals surface area contributed by atoms with Gasteiger partial charge in [-0.25, -0.2) is 0 Å². The number of nitrogens with one attached hydrogen (secondary N) is 4. The molecule has 8 nitrogen and oxygen atoms in total. The Morgan fingerprint density at radius 3 is 1.65 bits per heavy atom. The number of hydrogen-bond acceptors (Lipinski definition) is 4. The predicted octanol–water partition coefficient (Wildman–Crippen LogP) is 1.02. The molecular weight excluding hydrogens is 295 g/mol. The van der Waals surface area contributed by atoms with Crippen LogP contribution in [0.4, 0.5) is 11.4 Å². The maximum absolute atomic E-state index is 7.19. The van der Waals surface area contributed by atoms with Crippen molar-refractivity contribution in [1.29, 1.82) is 10.8 Å². The van der Waals surface area contributed by atoms with Gasteiger partial charge in [-0.2, -0.15) is 0 Å². The van der Waals surface area contributed by atoms with Crippen LogP contribution in [0.3, 0.4) is 0 Å². The van der Waals surface area contributed by atoms with Crippen LogP contribution in [-0.4, -0.2) is 19.6 Å². The van der Waals surface area contributed by atoms with E-state index in [0.29, 0.717) is 22.9 Å². The molecule has 0 fully saturated rings. The van der Waals surface area contributed by atoms with Gasteiger partial charge >= 0.3 is 7.69 Å². The number of nitrogens with two attached hydrogens (primary N) is 2. The van der Waals surface area contributed by atoms with Crippen molar-refractivity contribution >= 4 is 31.0 Å². The second kappa shape index (κ2) is 7.60. The van der Waals surface area contributed by atoms with Gasteiger partial charge in [0.2, 0.25) is 0 Å². The topological polar surface area (TPSA) is 142 Å². The van der Waals surface area contributed by atoms with Crippen LogP contribution in [0, 0.1) is 10.8 Å². The molecule has 0 spiro atoms. The van der Waals surface area contributed by atoms with Crippen molar-refractivity contribution in [2.45, 2.75) is 0 Å². The highest BCUT2D eigenvalue weighted by molar-refractivity contribution is 6.20. The van der Waals surface area contributed by atoms with Crippen LogP contribution >= 0.6 is 0 Å². The van der Waals surface area contributed by atoms with Gasteiger partial charge in [0, 0.05) is 23.5 Å². The van der Waals surface area contributed by atoms with Gasteiger partial charge in [0.05, 0.1) is 0 Å². The molecule has 0 aliphatic carbocycles. The summed E-state index contributed by atoms with van der Waals surface area (Å²) < 4.78 is 11.0. The third-order valence-corrected chi connectivity index (χ3v) is 2.68. The lowest BCUT2D eigenvalue weighted by atomic mass is 10.2. The van der Waals surface area contributed by atoms with E-state index in [2.05, 4.69) is 10.6 Å². The van der Waals surface area contributed by atoms with Gasteiger partial charge < -0.3 is 31.4 Å². The molecule has 9 heteroatoms.